The minimum atomic E-state index is -3.62. The molecular formula is C23H30N4O4S2. The van der Waals surface area contributed by atoms with Gasteiger partial charge in [-0.3, -0.25) is 0 Å². The van der Waals surface area contributed by atoms with E-state index in [-0.39, 0.29) is 4.90 Å². The monoisotopic (exact) mass is 490 g/mol. The second kappa shape index (κ2) is 10.7. The van der Waals surface area contributed by atoms with Crippen LogP contribution < -0.4 is 20.3 Å². The summed E-state index contributed by atoms with van der Waals surface area (Å²) < 4.78 is 38.5. The quantitative estimate of drug-likeness (QED) is 0.596. The number of rotatable bonds is 6. The molecule has 2 aliphatic heterocycles. The van der Waals surface area contributed by atoms with E-state index < -0.39 is 10.0 Å². The number of nitrogens with zero attached hydrogens (tertiary/aromatic N) is 2. The van der Waals surface area contributed by atoms with Gasteiger partial charge in [0, 0.05) is 37.9 Å². The fourth-order valence-electron chi connectivity index (χ4n) is 4.11. The van der Waals surface area contributed by atoms with Gasteiger partial charge in [0.1, 0.15) is 5.75 Å². The van der Waals surface area contributed by atoms with Crippen molar-refractivity contribution < 1.29 is 17.9 Å². The highest BCUT2D eigenvalue weighted by atomic mass is 32.2. The predicted molar refractivity (Wildman–Crippen MR) is 135 cm³/mol. The topological polar surface area (TPSA) is 83.1 Å². The van der Waals surface area contributed by atoms with Crippen LogP contribution >= 0.6 is 12.2 Å². The Kier molecular flexibility index (Phi) is 7.69. The lowest BCUT2D eigenvalue weighted by atomic mass is 10.1. The molecule has 4 rings (SSSR count). The number of piperidine rings is 1. The summed E-state index contributed by atoms with van der Waals surface area (Å²) in [5.41, 5.74) is 2.40. The summed E-state index contributed by atoms with van der Waals surface area (Å²) in [7, 11) is -2.01. The second-order valence-electron chi connectivity index (χ2n) is 8.05. The summed E-state index contributed by atoms with van der Waals surface area (Å²) in [6.45, 7) is 3.39. The highest BCUT2D eigenvalue weighted by Gasteiger charge is 2.28. The maximum absolute atomic E-state index is 13.2. The van der Waals surface area contributed by atoms with Gasteiger partial charge in [-0.15, -0.1) is 0 Å². The fourth-order valence-corrected chi connectivity index (χ4v) is 5.77. The average molecular weight is 491 g/mol. The lowest BCUT2D eigenvalue weighted by Crippen LogP contribution is -2.40. The SMILES string of the molecule is COc1cccc(NC(=S)Nc2cc(S(=O)(=O)N3CCOCC3)ccc2N2CCCCC2)c1. The molecule has 178 valence electrons. The van der Waals surface area contributed by atoms with Crippen LogP contribution in [0.2, 0.25) is 0 Å². The predicted octanol–water partition coefficient (Wildman–Crippen LogP) is 3.52. The molecule has 2 fully saturated rings. The first-order chi connectivity index (χ1) is 16.0. The Morgan fingerprint density at radius 3 is 2.48 bits per heavy atom. The van der Waals surface area contributed by atoms with Gasteiger partial charge in [0.15, 0.2) is 5.11 Å². The van der Waals surface area contributed by atoms with E-state index in [0.717, 1.165) is 43.1 Å². The number of anilines is 3. The summed E-state index contributed by atoms with van der Waals surface area (Å²) in [6, 6.07) is 12.7. The summed E-state index contributed by atoms with van der Waals surface area (Å²) in [4.78, 5) is 2.53. The standard InChI is InChI=1S/C23H30N4O4S2/c1-30-19-7-5-6-18(16-19)24-23(32)25-21-17-20(33(28,29)27-12-14-31-15-13-27)8-9-22(21)26-10-3-2-4-11-26/h5-9,16-17H,2-4,10-15H2,1H3,(H2,24,25,32). The van der Waals surface area contributed by atoms with Crippen LogP contribution in [0.1, 0.15) is 19.3 Å². The minimum absolute atomic E-state index is 0.247. The third-order valence-electron chi connectivity index (χ3n) is 5.85. The number of ether oxygens (including phenoxy) is 2. The smallest absolute Gasteiger partial charge is 0.243 e. The van der Waals surface area contributed by atoms with Crippen molar-refractivity contribution in [3.05, 3.63) is 42.5 Å². The first-order valence-corrected chi connectivity index (χ1v) is 13.0. The number of thiocarbonyl (C=S) groups is 1. The second-order valence-corrected chi connectivity index (χ2v) is 10.4. The van der Waals surface area contributed by atoms with Crippen LogP contribution in [0, 0.1) is 0 Å². The number of benzene rings is 2. The molecule has 2 saturated heterocycles. The van der Waals surface area contributed by atoms with E-state index >= 15 is 0 Å². The van der Waals surface area contributed by atoms with E-state index in [1.54, 1.807) is 19.2 Å². The van der Waals surface area contributed by atoms with Crippen LogP contribution in [0.3, 0.4) is 0 Å². The van der Waals surface area contributed by atoms with Crippen LogP contribution in [0.4, 0.5) is 17.1 Å². The largest absolute Gasteiger partial charge is 0.497 e. The molecule has 0 unspecified atom stereocenters. The van der Waals surface area contributed by atoms with E-state index in [2.05, 4.69) is 15.5 Å². The van der Waals surface area contributed by atoms with Crippen molar-refractivity contribution in [1.29, 1.82) is 0 Å². The molecule has 2 N–H and O–H groups in total. The number of methoxy groups -OCH3 is 1. The van der Waals surface area contributed by atoms with Crippen LogP contribution in [0.15, 0.2) is 47.4 Å². The first-order valence-electron chi connectivity index (χ1n) is 11.2. The highest BCUT2D eigenvalue weighted by molar-refractivity contribution is 7.89. The maximum atomic E-state index is 13.2. The Balaban J connectivity index is 1.61. The molecule has 0 spiro atoms. The van der Waals surface area contributed by atoms with Crippen LogP contribution in [-0.2, 0) is 14.8 Å². The molecule has 0 aliphatic carbocycles. The number of hydrogen-bond acceptors (Lipinski definition) is 6. The number of morpholine rings is 1. The van der Waals surface area contributed by atoms with Crippen molar-refractivity contribution in [3.8, 4) is 5.75 Å². The van der Waals surface area contributed by atoms with E-state index in [0.29, 0.717) is 37.1 Å². The van der Waals surface area contributed by atoms with Gasteiger partial charge in [-0.25, -0.2) is 8.42 Å². The van der Waals surface area contributed by atoms with E-state index in [1.807, 2.05) is 30.3 Å². The summed E-state index contributed by atoms with van der Waals surface area (Å²) in [6.07, 6.45) is 3.43. The molecular weight excluding hydrogens is 460 g/mol. The molecule has 8 nitrogen and oxygen atoms in total. The summed E-state index contributed by atoms with van der Waals surface area (Å²) in [5, 5.41) is 6.78. The number of hydrogen-bond donors (Lipinski definition) is 2. The molecule has 0 aromatic heterocycles. The van der Waals surface area contributed by atoms with Gasteiger partial charge in [-0.1, -0.05) is 6.07 Å². The van der Waals surface area contributed by atoms with Gasteiger partial charge in [-0.2, -0.15) is 4.31 Å². The Morgan fingerprint density at radius 2 is 1.76 bits per heavy atom. The Hall–Kier alpha value is -2.40. The highest BCUT2D eigenvalue weighted by Crippen LogP contribution is 2.32. The van der Waals surface area contributed by atoms with E-state index in [4.69, 9.17) is 21.7 Å². The molecule has 0 saturated carbocycles. The lowest BCUT2D eigenvalue weighted by Gasteiger charge is -2.31. The zero-order valence-corrected chi connectivity index (χ0v) is 20.4. The molecule has 0 amide bonds. The van der Waals surface area contributed by atoms with Gasteiger partial charge in [-0.05, 0) is 61.8 Å². The number of sulfonamides is 1. The van der Waals surface area contributed by atoms with Crippen LogP contribution in [0.25, 0.3) is 0 Å². The normalized spacial score (nSPS) is 17.4. The van der Waals surface area contributed by atoms with Gasteiger partial charge in [0.05, 0.1) is 36.6 Å². The molecule has 2 aromatic carbocycles. The van der Waals surface area contributed by atoms with Crippen LogP contribution in [0.5, 0.6) is 5.75 Å². The zero-order valence-electron chi connectivity index (χ0n) is 18.7. The average Bonchev–Trinajstić information content (AvgIpc) is 2.85. The Labute approximate surface area is 200 Å². The number of nitrogens with one attached hydrogen (secondary N) is 2. The summed E-state index contributed by atoms with van der Waals surface area (Å²) >= 11 is 5.56. The molecule has 2 aromatic rings. The van der Waals surface area contributed by atoms with Crippen molar-refractivity contribution >= 4 is 44.4 Å². The van der Waals surface area contributed by atoms with E-state index in [1.165, 1.54) is 10.7 Å². The molecule has 10 heteroatoms. The molecule has 33 heavy (non-hydrogen) atoms. The molecule has 0 atom stereocenters. The molecule has 2 heterocycles. The first kappa shape index (κ1) is 23.7. The Bertz CT molecular complexity index is 1080. The van der Waals surface area contributed by atoms with Crippen molar-refractivity contribution in [2.75, 3.05) is 62.0 Å². The van der Waals surface area contributed by atoms with Gasteiger partial charge < -0.3 is 25.0 Å². The van der Waals surface area contributed by atoms with Crippen LogP contribution in [-0.4, -0.2) is 64.3 Å². The third kappa shape index (κ3) is 5.75. The van der Waals surface area contributed by atoms with Crippen molar-refractivity contribution in [3.63, 3.8) is 0 Å². The van der Waals surface area contributed by atoms with Crippen molar-refractivity contribution in [2.24, 2.45) is 0 Å². The van der Waals surface area contributed by atoms with Crippen molar-refractivity contribution in [2.45, 2.75) is 24.2 Å². The zero-order chi connectivity index (χ0) is 23.3. The van der Waals surface area contributed by atoms with E-state index in [9.17, 15) is 8.42 Å². The maximum Gasteiger partial charge on any atom is 0.243 e. The summed E-state index contributed by atoms with van der Waals surface area (Å²) in [5.74, 6) is 0.718. The molecule has 0 bridgehead atoms. The minimum Gasteiger partial charge on any atom is -0.497 e. The van der Waals surface area contributed by atoms with Gasteiger partial charge in [0.2, 0.25) is 10.0 Å². The van der Waals surface area contributed by atoms with Crippen molar-refractivity contribution in [1.82, 2.24) is 4.31 Å². The Morgan fingerprint density at radius 1 is 1.00 bits per heavy atom. The fraction of sp³-hybridized carbons (Fsp3) is 0.435. The van der Waals surface area contributed by atoms with Gasteiger partial charge >= 0.3 is 0 Å². The molecule has 2 aliphatic rings. The third-order valence-corrected chi connectivity index (χ3v) is 7.95. The molecule has 0 radical (unpaired) electrons. The van der Waals surface area contributed by atoms with Gasteiger partial charge in [0.25, 0.3) is 0 Å². The lowest BCUT2D eigenvalue weighted by molar-refractivity contribution is 0.0730.